The Morgan fingerprint density at radius 1 is 1.08 bits per heavy atom. The molecule has 1 aliphatic heterocycles. The average molecular weight is 368 g/mol. The lowest BCUT2D eigenvalue weighted by Crippen LogP contribution is -2.52. The summed E-state index contributed by atoms with van der Waals surface area (Å²) in [6.45, 7) is 6.84. The highest BCUT2D eigenvalue weighted by Crippen LogP contribution is 2.14. The predicted molar refractivity (Wildman–Crippen MR) is 97.9 cm³/mol. The van der Waals surface area contributed by atoms with Gasteiger partial charge in [-0.2, -0.15) is 4.31 Å². The van der Waals surface area contributed by atoms with E-state index in [-0.39, 0.29) is 11.8 Å². The first-order valence-electron chi connectivity index (χ1n) is 8.67. The molecule has 1 aromatic carbocycles. The summed E-state index contributed by atoms with van der Waals surface area (Å²) in [6, 6.07) is 9.88. The smallest absolute Gasteiger partial charge is 0.410 e. The monoisotopic (exact) mass is 368 g/mol. The number of hydrogen-bond donors (Lipinski definition) is 0. The summed E-state index contributed by atoms with van der Waals surface area (Å²) in [4.78, 5) is 13.6. The van der Waals surface area contributed by atoms with Crippen molar-refractivity contribution in [3.8, 4) is 0 Å². The molecule has 1 heterocycles. The Bertz CT molecular complexity index is 660. The van der Waals surface area contributed by atoms with Gasteiger partial charge in [0.25, 0.3) is 0 Å². The summed E-state index contributed by atoms with van der Waals surface area (Å²) in [5, 5.41) is 0. The molecule has 0 aromatic heterocycles. The van der Waals surface area contributed by atoms with Gasteiger partial charge in [0.15, 0.2) is 0 Å². The number of amides is 1. The van der Waals surface area contributed by atoms with Crippen molar-refractivity contribution < 1.29 is 17.9 Å². The van der Waals surface area contributed by atoms with Crippen LogP contribution in [0.2, 0.25) is 0 Å². The van der Waals surface area contributed by atoms with Gasteiger partial charge >= 0.3 is 6.09 Å². The van der Waals surface area contributed by atoms with E-state index in [4.69, 9.17) is 4.74 Å². The van der Waals surface area contributed by atoms with Crippen LogP contribution >= 0.6 is 0 Å². The summed E-state index contributed by atoms with van der Waals surface area (Å²) >= 11 is 0. The Labute approximate surface area is 150 Å². The van der Waals surface area contributed by atoms with Crippen molar-refractivity contribution >= 4 is 16.1 Å². The molecule has 1 aromatic rings. The number of hydrogen-bond acceptors (Lipinski definition) is 4. The van der Waals surface area contributed by atoms with E-state index < -0.39 is 15.6 Å². The van der Waals surface area contributed by atoms with Gasteiger partial charge in [0.1, 0.15) is 5.60 Å². The SMILES string of the molecule is CC(C)(C)OC(=O)N1CCN(S(=O)(=O)CCCc2ccccc2)CC1. The number of rotatable bonds is 5. The van der Waals surface area contributed by atoms with E-state index in [1.54, 1.807) is 4.90 Å². The third-order valence-electron chi connectivity index (χ3n) is 3.99. The lowest BCUT2D eigenvalue weighted by molar-refractivity contribution is 0.0192. The predicted octanol–water partition coefficient (Wildman–Crippen LogP) is 2.50. The van der Waals surface area contributed by atoms with Gasteiger partial charge in [-0.25, -0.2) is 13.2 Å². The van der Waals surface area contributed by atoms with Crippen LogP contribution < -0.4 is 0 Å². The van der Waals surface area contributed by atoms with Crippen LogP contribution in [0, 0.1) is 0 Å². The molecule has 7 heteroatoms. The molecule has 1 fully saturated rings. The van der Waals surface area contributed by atoms with Gasteiger partial charge in [-0.15, -0.1) is 0 Å². The normalized spacial score (nSPS) is 16.7. The summed E-state index contributed by atoms with van der Waals surface area (Å²) in [5.74, 6) is 0.133. The number of aryl methyl sites for hydroxylation is 1. The molecule has 1 amide bonds. The van der Waals surface area contributed by atoms with Crippen molar-refractivity contribution in [1.29, 1.82) is 0 Å². The van der Waals surface area contributed by atoms with E-state index in [2.05, 4.69) is 0 Å². The second-order valence-electron chi connectivity index (χ2n) is 7.27. The molecule has 0 atom stereocenters. The second-order valence-corrected chi connectivity index (χ2v) is 9.36. The van der Waals surface area contributed by atoms with E-state index in [1.165, 1.54) is 4.31 Å². The van der Waals surface area contributed by atoms with Crippen molar-refractivity contribution in [1.82, 2.24) is 9.21 Å². The van der Waals surface area contributed by atoms with Crippen molar-refractivity contribution in [2.45, 2.75) is 39.2 Å². The fourth-order valence-corrected chi connectivity index (χ4v) is 4.19. The van der Waals surface area contributed by atoms with E-state index in [9.17, 15) is 13.2 Å². The quantitative estimate of drug-likeness (QED) is 0.801. The van der Waals surface area contributed by atoms with E-state index in [0.29, 0.717) is 32.6 Å². The Morgan fingerprint density at radius 2 is 1.68 bits per heavy atom. The summed E-state index contributed by atoms with van der Waals surface area (Å²) in [5.41, 5.74) is 0.602. The number of nitrogens with zero attached hydrogens (tertiary/aromatic N) is 2. The van der Waals surface area contributed by atoms with Gasteiger partial charge in [-0.1, -0.05) is 30.3 Å². The first-order chi connectivity index (χ1) is 11.7. The largest absolute Gasteiger partial charge is 0.444 e. The Morgan fingerprint density at radius 3 is 2.24 bits per heavy atom. The van der Waals surface area contributed by atoms with Gasteiger partial charge in [0.2, 0.25) is 10.0 Å². The first kappa shape index (κ1) is 19.7. The lowest BCUT2D eigenvalue weighted by atomic mass is 10.1. The number of ether oxygens (including phenoxy) is 1. The third-order valence-corrected chi connectivity index (χ3v) is 5.95. The van der Waals surface area contributed by atoms with Crippen molar-refractivity contribution in [2.24, 2.45) is 0 Å². The molecule has 1 aliphatic rings. The number of benzene rings is 1. The topological polar surface area (TPSA) is 66.9 Å². The summed E-state index contributed by atoms with van der Waals surface area (Å²) in [7, 11) is -3.28. The van der Waals surface area contributed by atoms with E-state index >= 15 is 0 Å². The van der Waals surface area contributed by atoms with Gasteiger partial charge in [-0.05, 0) is 39.2 Å². The zero-order chi connectivity index (χ0) is 18.5. The maximum Gasteiger partial charge on any atom is 0.410 e. The fraction of sp³-hybridized carbons (Fsp3) is 0.611. The molecule has 1 saturated heterocycles. The van der Waals surface area contributed by atoms with Crippen LogP contribution in [0.1, 0.15) is 32.8 Å². The van der Waals surface area contributed by atoms with Crippen molar-refractivity contribution in [3.63, 3.8) is 0 Å². The van der Waals surface area contributed by atoms with Gasteiger partial charge in [0, 0.05) is 26.2 Å². The van der Waals surface area contributed by atoms with Gasteiger partial charge in [-0.3, -0.25) is 0 Å². The van der Waals surface area contributed by atoms with Crippen LogP contribution in [0.4, 0.5) is 4.79 Å². The van der Waals surface area contributed by atoms with Crippen LogP contribution in [0.5, 0.6) is 0 Å². The molecular formula is C18H28N2O4S. The highest BCUT2D eigenvalue weighted by atomic mass is 32.2. The Balaban J connectivity index is 1.79. The average Bonchev–Trinajstić information content (AvgIpc) is 2.54. The molecule has 0 unspecified atom stereocenters. The zero-order valence-corrected chi connectivity index (χ0v) is 16.1. The second kappa shape index (κ2) is 8.19. The van der Waals surface area contributed by atoms with Crippen LogP contribution in [0.25, 0.3) is 0 Å². The van der Waals surface area contributed by atoms with Crippen LogP contribution in [-0.2, 0) is 21.2 Å². The lowest BCUT2D eigenvalue weighted by Gasteiger charge is -2.35. The minimum Gasteiger partial charge on any atom is -0.444 e. The van der Waals surface area contributed by atoms with Crippen LogP contribution in [0.15, 0.2) is 30.3 Å². The summed E-state index contributed by atoms with van der Waals surface area (Å²) in [6.07, 6.45) is 0.963. The van der Waals surface area contributed by atoms with E-state index in [0.717, 1.165) is 12.0 Å². The number of piperazine rings is 1. The Hall–Kier alpha value is -1.60. The zero-order valence-electron chi connectivity index (χ0n) is 15.3. The minimum atomic E-state index is -3.28. The van der Waals surface area contributed by atoms with E-state index in [1.807, 2.05) is 51.1 Å². The third kappa shape index (κ3) is 6.32. The highest BCUT2D eigenvalue weighted by molar-refractivity contribution is 7.89. The molecule has 140 valence electrons. The molecular weight excluding hydrogens is 340 g/mol. The van der Waals surface area contributed by atoms with Crippen molar-refractivity contribution in [3.05, 3.63) is 35.9 Å². The first-order valence-corrected chi connectivity index (χ1v) is 10.3. The molecule has 0 aliphatic carbocycles. The maximum atomic E-state index is 12.5. The van der Waals surface area contributed by atoms with Gasteiger partial charge < -0.3 is 9.64 Å². The molecule has 0 bridgehead atoms. The molecule has 2 rings (SSSR count). The molecule has 0 N–H and O–H groups in total. The number of sulfonamides is 1. The molecule has 0 radical (unpaired) electrons. The summed E-state index contributed by atoms with van der Waals surface area (Å²) < 4.78 is 31.8. The molecule has 25 heavy (non-hydrogen) atoms. The Kier molecular flexibility index (Phi) is 6.46. The fourth-order valence-electron chi connectivity index (χ4n) is 2.71. The molecule has 0 spiro atoms. The van der Waals surface area contributed by atoms with Crippen LogP contribution in [0.3, 0.4) is 0 Å². The van der Waals surface area contributed by atoms with Crippen LogP contribution in [-0.4, -0.2) is 61.2 Å². The minimum absolute atomic E-state index is 0.133. The standard InChI is InChI=1S/C18H28N2O4S/c1-18(2,3)24-17(21)19-11-13-20(14-12-19)25(22,23)15-7-10-16-8-5-4-6-9-16/h4-6,8-9H,7,10-15H2,1-3H3. The number of carbonyl (C=O) groups is 1. The molecule has 0 saturated carbocycles. The maximum absolute atomic E-state index is 12.5. The molecule has 6 nitrogen and oxygen atoms in total. The van der Waals surface area contributed by atoms with Gasteiger partial charge in [0.05, 0.1) is 5.75 Å². The highest BCUT2D eigenvalue weighted by Gasteiger charge is 2.30. The van der Waals surface area contributed by atoms with Crippen molar-refractivity contribution in [2.75, 3.05) is 31.9 Å². The number of carbonyl (C=O) groups excluding carboxylic acids is 1.